The van der Waals surface area contributed by atoms with Crippen molar-refractivity contribution in [1.82, 2.24) is 34.6 Å². The number of hydrogen-bond acceptors (Lipinski definition) is 6. The maximum atomic E-state index is 4.58. The fourth-order valence-electron chi connectivity index (χ4n) is 4.50. The molecule has 8 heteroatoms. The molecule has 2 saturated heterocycles. The summed E-state index contributed by atoms with van der Waals surface area (Å²) in [6, 6.07) is 2.06. The molecule has 27 heavy (non-hydrogen) atoms. The first-order chi connectivity index (χ1) is 13.3. The molecule has 1 N–H and O–H groups in total. The highest BCUT2D eigenvalue weighted by molar-refractivity contribution is 5.87. The zero-order valence-electron chi connectivity index (χ0n) is 15.8. The Labute approximate surface area is 158 Å². The molecule has 3 aromatic heterocycles. The number of anilines is 1. The van der Waals surface area contributed by atoms with Crippen LogP contribution in [0.5, 0.6) is 0 Å². The van der Waals surface area contributed by atoms with Crippen LogP contribution in [0.25, 0.3) is 11.0 Å². The minimum atomic E-state index is 0.382. The first-order valence-electron chi connectivity index (χ1n) is 9.93. The number of fused-ring (bicyclic) bond motifs is 1. The Hall–Kier alpha value is -2.48. The fraction of sp³-hybridized carbons (Fsp3) is 0.579. The van der Waals surface area contributed by atoms with Crippen molar-refractivity contribution < 1.29 is 0 Å². The molecule has 0 amide bonds. The second-order valence-electron chi connectivity index (χ2n) is 7.74. The number of likely N-dealkylation sites (tertiary alicyclic amines) is 1. The molecule has 2 fully saturated rings. The summed E-state index contributed by atoms with van der Waals surface area (Å²) in [5, 5.41) is 10.2. The number of rotatable bonds is 4. The van der Waals surface area contributed by atoms with Crippen LogP contribution >= 0.6 is 0 Å². The molecule has 0 aliphatic carbocycles. The lowest BCUT2D eigenvalue weighted by molar-refractivity contribution is 0.317. The molecule has 142 valence electrons. The van der Waals surface area contributed by atoms with Crippen molar-refractivity contribution in [1.29, 1.82) is 0 Å². The van der Waals surface area contributed by atoms with Gasteiger partial charge in [0.1, 0.15) is 29.4 Å². The third-order valence-corrected chi connectivity index (χ3v) is 5.98. The second-order valence-corrected chi connectivity index (χ2v) is 7.74. The Bertz CT molecular complexity index is 923. The first kappa shape index (κ1) is 16.7. The molecule has 3 aromatic rings. The van der Waals surface area contributed by atoms with E-state index in [1.54, 1.807) is 6.33 Å². The van der Waals surface area contributed by atoms with Crippen molar-refractivity contribution in [2.75, 3.05) is 31.1 Å². The van der Waals surface area contributed by atoms with Gasteiger partial charge in [-0.05, 0) is 44.8 Å². The van der Waals surface area contributed by atoms with E-state index in [4.69, 9.17) is 0 Å². The third kappa shape index (κ3) is 3.07. The Balaban J connectivity index is 1.37. The highest BCUT2D eigenvalue weighted by Gasteiger charge is 2.28. The van der Waals surface area contributed by atoms with E-state index in [9.17, 15) is 0 Å². The molecular weight excluding hydrogens is 340 g/mol. The van der Waals surface area contributed by atoms with E-state index >= 15 is 0 Å². The Kier molecular flexibility index (Phi) is 4.27. The van der Waals surface area contributed by atoms with Crippen LogP contribution in [0.4, 0.5) is 5.82 Å². The predicted molar refractivity (Wildman–Crippen MR) is 104 cm³/mol. The van der Waals surface area contributed by atoms with E-state index in [0.29, 0.717) is 5.92 Å². The minimum absolute atomic E-state index is 0.382. The summed E-state index contributed by atoms with van der Waals surface area (Å²) in [4.78, 5) is 16.9. The smallest absolute Gasteiger partial charge is 0.146 e. The van der Waals surface area contributed by atoms with Crippen molar-refractivity contribution in [3.8, 4) is 0 Å². The van der Waals surface area contributed by atoms with Crippen LogP contribution in [0.3, 0.4) is 0 Å². The monoisotopic (exact) mass is 366 g/mol. The van der Waals surface area contributed by atoms with Crippen molar-refractivity contribution in [3.05, 3.63) is 30.2 Å². The summed E-state index contributed by atoms with van der Waals surface area (Å²) < 4.78 is 2.22. The molecule has 0 unspecified atom stereocenters. The number of hydrogen-bond donors (Lipinski definition) is 1. The van der Waals surface area contributed by atoms with Gasteiger partial charge in [-0.1, -0.05) is 0 Å². The molecule has 0 aromatic carbocycles. The Morgan fingerprint density at radius 1 is 1.11 bits per heavy atom. The normalized spacial score (nSPS) is 21.4. The number of nitrogens with one attached hydrogen (secondary N) is 1. The SMILES string of the molecule is Cn1c(CN2CCCC2)nnc1[C@H]1CCCN(c2ncnc3[nH]ccc23)C1. The Morgan fingerprint density at radius 2 is 2.00 bits per heavy atom. The first-order valence-corrected chi connectivity index (χ1v) is 9.93. The van der Waals surface area contributed by atoms with Gasteiger partial charge in [0.25, 0.3) is 0 Å². The van der Waals surface area contributed by atoms with Crippen molar-refractivity contribution in [3.63, 3.8) is 0 Å². The van der Waals surface area contributed by atoms with Crippen molar-refractivity contribution in [2.45, 2.75) is 38.1 Å². The highest BCUT2D eigenvalue weighted by atomic mass is 15.3. The van der Waals surface area contributed by atoms with Crippen LogP contribution in [0, 0.1) is 0 Å². The van der Waals surface area contributed by atoms with Crippen LogP contribution in [0.1, 0.15) is 43.3 Å². The lowest BCUT2D eigenvalue weighted by atomic mass is 9.97. The standard InChI is InChI=1S/C19H26N8/c1-25-16(12-26-8-2-3-9-26)23-24-18(25)14-5-4-10-27(11-14)19-15-6-7-20-17(15)21-13-22-19/h6-7,13-14H,2-5,8-12H2,1H3,(H,20,21,22)/t14-/m0/s1. The van der Waals surface area contributed by atoms with E-state index in [-0.39, 0.29) is 0 Å². The molecule has 2 aliphatic rings. The van der Waals surface area contributed by atoms with Crippen molar-refractivity contribution in [2.24, 2.45) is 7.05 Å². The molecule has 1 atom stereocenters. The van der Waals surface area contributed by atoms with Crippen LogP contribution in [-0.4, -0.2) is 60.8 Å². The number of aromatic nitrogens is 6. The van der Waals surface area contributed by atoms with Crippen molar-refractivity contribution >= 4 is 16.9 Å². The summed E-state index contributed by atoms with van der Waals surface area (Å²) >= 11 is 0. The van der Waals surface area contributed by atoms with Gasteiger partial charge in [0.2, 0.25) is 0 Å². The van der Waals surface area contributed by atoms with Crippen LogP contribution in [0.15, 0.2) is 18.6 Å². The average molecular weight is 366 g/mol. The van der Waals surface area contributed by atoms with Gasteiger partial charge in [-0.3, -0.25) is 4.90 Å². The Morgan fingerprint density at radius 3 is 2.89 bits per heavy atom. The van der Waals surface area contributed by atoms with Gasteiger partial charge < -0.3 is 14.5 Å². The zero-order chi connectivity index (χ0) is 18.2. The third-order valence-electron chi connectivity index (χ3n) is 5.98. The fourth-order valence-corrected chi connectivity index (χ4v) is 4.50. The number of aromatic amines is 1. The highest BCUT2D eigenvalue weighted by Crippen LogP contribution is 2.31. The molecule has 0 radical (unpaired) electrons. The number of H-pyrrole nitrogens is 1. The summed E-state index contributed by atoms with van der Waals surface area (Å²) in [6.45, 7) is 5.22. The molecule has 0 spiro atoms. The number of nitrogens with zero attached hydrogens (tertiary/aromatic N) is 7. The molecule has 5 rings (SSSR count). The predicted octanol–water partition coefficient (Wildman–Crippen LogP) is 2.07. The molecule has 2 aliphatic heterocycles. The topological polar surface area (TPSA) is 78.8 Å². The van der Waals surface area contributed by atoms with Gasteiger partial charge in [0.15, 0.2) is 0 Å². The van der Waals surface area contributed by atoms with Crippen LogP contribution in [0.2, 0.25) is 0 Å². The van der Waals surface area contributed by atoms with E-state index in [1.165, 1.54) is 25.9 Å². The molecule has 0 bridgehead atoms. The van der Waals surface area contributed by atoms with Gasteiger partial charge in [-0.15, -0.1) is 10.2 Å². The van der Waals surface area contributed by atoms with Crippen LogP contribution < -0.4 is 4.90 Å². The maximum absolute atomic E-state index is 4.58. The molecule has 8 nitrogen and oxygen atoms in total. The maximum Gasteiger partial charge on any atom is 0.146 e. The van der Waals surface area contributed by atoms with Gasteiger partial charge in [0, 0.05) is 32.3 Å². The molecule has 5 heterocycles. The van der Waals surface area contributed by atoms with Gasteiger partial charge in [-0.25, -0.2) is 9.97 Å². The zero-order valence-corrected chi connectivity index (χ0v) is 15.8. The van der Waals surface area contributed by atoms with E-state index in [1.807, 2.05) is 6.20 Å². The van der Waals surface area contributed by atoms with Gasteiger partial charge in [0.05, 0.1) is 11.9 Å². The number of piperidine rings is 1. The summed E-state index contributed by atoms with van der Waals surface area (Å²) in [5.74, 6) is 3.59. The summed E-state index contributed by atoms with van der Waals surface area (Å²) in [6.07, 6.45) is 8.46. The largest absolute Gasteiger partial charge is 0.355 e. The van der Waals surface area contributed by atoms with Gasteiger partial charge >= 0.3 is 0 Å². The lowest BCUT2D eigenvalue weighted by Gasteiger charge is -2.33. The second kappa shape index (κ2) is 6.92. The van der Waals surface area contributed by atoms with Gasteiger partial charge in [-0.2, -0.15) is 0 Å². The quantitative estimate of drug-likeness (QED) is 0.761. The minimum Gasteiger partial charge on any atom is -0.355 e. The lowest BCUT2D eigenvalue weighted by Crippen LogP contribution is -2.36. The van der Waals surface area contributed by atoms with E-state index in [0.717, 1.165) is 61.0 Å². The average Bonchev–Trinajstić information content (AvgIpc) is 3.44. The summed E-state index contributed by atoms with van der Waals surface area (Å²) in [5.41, 5.74) is 0.897. The van der Waals surface area contributed by atoms with E-state index < -0.39 is 0 Å². The van der Waals surface area contributed by atoms with Crippen LogP contribution in [-0.2, 0) is 13.6 Å². The summed E-state index contributed by atoms with van der Waals surface area (Å²) in [7, 11) is 2.12. The molecular formula is C19H26N8. The molecule has 0 saturated carbocycles. The van der Waals surface area contributed by atoms with E-state index in [2.05, 4.69) is 52.6 Å².